The van der Waals surface area contributed by atoms with Crippen LogP contribution in [0.4, 0.5) is 0 Å². The van der Waals surface area contributed by atoms with Crippen molar-refractivity contribution in [3.63, 3.8) is 0 Å². The molecule has 1 N–H and O–H groups in total. The molecule has 0 saturated heterocycles. The zero-order chi connectivity index (χ0) is 8.27. The minimum Gasteiger partial charge on any atom is -0.481 e. The molecule has 2 nitrogen and oxygen atoms in total. The van der Waals surface area contributed by atoms with E-state index in [1.54, 1.807) is 0 Å². The van der Waals surface area contributed by atoms with Crippen LogP contribution in [0.5, 0.6) is 0 Å². The summed E-state index contributed by atoms with van der Waals surface area (Å²) in [5, 5.41) is 9.41. The number of carbonyl (C=O) groups is 1. The Morgan fingerprint density at radius 1 is 1.55 bits per heavy atom. The van der Waals surface area contributed by atoms with Crippen molar-refractivity contribution in [3.05, 3.63) is 0 Å². The summed E-state index contributed by atoms with van der Waals surface area (Å²) in [6.45, 7) is 0. The van der Waals surface area contributed by atoms with Crippen LogP contribution in [-0.2, 0) is 4.79 Å². The summed E-state index contributed by atoms with van der Waals surface area (Å²) in [4.78, 5) is 10.7. The highest BCUT2D eigenvalue weighted by molar-refractivity contribution is 9.09. The molecule has 1 aliphatic carbocycles. The van der Waals surface area contributed by atoms with Gasteiger partial charge in [0.15, 0.2) is 0 Å². The third kappa shape index (κ3) is 2.19. The quantitative estimate of drug-likeness (QED) is 0.742. The topological polar surface area (TPSA) is 37.3 Å². The predicted octanol–water partition coefficient (Wildman–Crippen LogP) is 2.27. The molecule has 0 aromatic carbocycles. The normalized spacial score (nSPS) is 21.9. The van der Waals surface area contributed by atoms with Crippen molar-refractivity contribution in [1.82, 2.24) is 0 Å². The fraction of sp³-hybridized carbons (Fsp3) is 0.875. The second-order valence-electron chi connectivity index (χ2n) is 3.14. The zero-order valence-corrected chi connectivity index (χ0v) is 8.01. The number of halogens is 1. The summed E-state index contributed by atoms with van der Waals surface area (Å²) in [5.41, 5.74) is 0. The van der Waals surface area contributed by atoms with Crippen molar-refractivity contribution in [3.8, 4) is 0 Å². The molecule has 0 radical (unpaired) electrons. The van der Waals surface area contributed by atoms with Crippen molar-refractivity contribution >= 4 is 21.9 Å². The fourth-order valence-corrected chi connectivity index (χ4v) is 2.56. The molecule has 0 unspecified atom stereocenters. The van der Waals surface area contributed by atoms with Crippen molar-refractivity contribution < 1.29 is 9.90 Å². The van der Waals surface area contributed by atoms with Gasteiger partial charge >= 0.3 is 5.97 Å². The average Bonchev–Trinajstić information content (AvgIpc) is 2.40. The smallest absolute Gasteiger partial charge is 0.307 e. The second kappa shape index (κ2) is 4.10. The molecule has 0 aromatic heterocycles. The number of rotatable bonds is 3. The number of hydrogen-bond donors (Lipinski definition) is 1. The van der Waals surface area contributed by atoms with Gasteiger partial charge in [0.25, 0.3) is 0 Å². The number of carboxylic acid groups (broad SMARTS) is 1. The lowest BCUT2D eigenvalue weighted by atomic mass is 9.93. The van der Waals surface area contributed by atoms with E-state index in [1.807, 2.05) is 0 Å². The van der Waals surface area contributed by atoms with Crippen LogP contribution in [0.3, 0.4) is 0 Å². The summed E-state index contributed by atoms with van der Waals surface area (Å²) in [6, 6.07) is 0. The lowest BCUT2D eigenvalue weighted by Crippen LogP contribution is -2.22. The second-order valence-corrected chi connectivity index (χ2v) is 3.79. The maximum Gasteiger partial charge on any atom is 0.307 e. The van der Waals surface area contributed by atoms with Crippen molar-refractivity contribution in [2.75, 3.05) is 5.33 Å². The van der Waals surface area contributed by atoms with Crippen molar-refractivity contribution in [2.45, 2.75) is 25.7 Å². The Hall–Kier alpha value is -0.0500. The molecular weight excluding hydrogens is 208 g/mol. The summed E-state index contributed by atoms with van der Waals surface area (Å²) >= 11 is 3.25. The van der Waals surface area contributed by atoms with Gasteiger partial charge < -0.3 is 5.11 Å². The summed E-state index contributed by atoms with van der Waals surface area (Å²) in [7, 11) is 0. The highest BCUT2D eigenvalue weighted by atomic mass is 79.9. The minimum absolute atomic E-state index is 0.155. The van der Waals surface area contributed by atoms with Crippen molar-refractivity contribution in [2.24, 2.45) is 11.8 Å². The molecular formula is C8H13BrO2. The molecule has 11 heavy (non-hydrogen) atoms. The third-order valence-electron chi connectivity index (χ3n) is 2.45. The van der Waals surface area contributed by atoms with Gasteiger partial charge in [-0.1, -0.05) is 28.8 Å². The molecule has 0 amide bonds. The highest BCUT2D eigenvalue weighted by Gasteiger charge is 2.29. The monoisotopic (exact) mass is 220 g/mol. The highest BCUT2D eigenvalue weighted by Crippen LogP contribution is 2.32. The Bertz CT molecular complexity index is 141. The van der Waals surface area contributed by atoms with E-state index >= 15 is 0 Å². The molecule has 0 bridgehead atoms. The number of carboxylic acids is 1. The van der Waals surface area contributed by atoms with Gasteiger partial charge in [0.05, 0.1) is 5.92 Å². The van der Waals surface area contributed by atoms with E-state index in [4.69, 9.17) is 5.11 Å². The number of hydrogen-bond acceptors (Lipinski definition) is 1. The van der Waals surface area contributed by atoms with Crippen LogP contribution in [0.2, 0.25) is 0 Å². The Labute approximate surface area is 75.1 Å². The molecule has 0 heterocycles. The lowest BCUT2D eigenvalue weighted by molar-refractivity contribution is -0.142. The van der Waals surface area contributed by atoms with Crippen LogP contribution in [0.25, 0.3) is 0 Å². The molecule has 1 saturated carbocycles. The molecule has 1 fully saturated rings. The van der Waals surface area contributed by atoms with Crippen LogP contribution < -0.4 is 0 Å². The van der Waals surface area contributed by atoms with Gasteiger partial charge in [0, 0.05) is 5.33 Å². The molecule has 0 aromatic rings. The summed E-state index contributed by atoms with van der Waals surface area (Å²) in [5.74, 6) is -0.377. The van der Waals surface area contributed by atoms with Crippen LogP contribution in [-0.4, -0.2) is 16.4 Å². The summed E-state index contributed by atoms with van der Waals surface area (Å²) < 4.78 is 0. The molecule has 3 heteroatoms. The standard InChI is InChI=1S/C8H13BrO2/c9-5-7(8(10)11)6-3-1-2-4-6/h6-7H,1-5H2,(H,10,11)/t7-/m0/s1. The Kier molecular flexibility index (Phi) is 3.37. The number of alkyl halides is 1. The SMILES string of the molecule is O=C(O)[C@@H](CBr)C1CCCC1. The molecule has 1 atom stereocenters. The van der Waals surface area contributed by atoms with Gasteiger partial charge in [-0.2, -0.15) is 0 Å². The maximum atomic E-state index is 10.7. The van der Waals surface area contributed by atoms with E-state index in [2.05, 4.69) is 15.9 Å². The van der Waals surface area contributed by atoms with Gasteiger partial charge in [0.2, 0.25) is 0 Å². The first-order valence-electron chi connectivity index (χ1n) is 4.04. The van der Waals surface area contributed by atoms with Gasteiger partial charge in [-0.25, -0.2) is 0 Å². The molecule has 0 spiro atoms. The number of aliphatic carboxylic acids is 1. The van der Waals surface area contributed by atoms with E-state index in [9.17, 15) is 4.79 Å². The lowest BCUT2D eigenvalue weighted by Gasteiger charge is -2.15. The van der Waals surface area contributed by atoms with E-state index in [0.29, 0.717) is 11.2 Å². The first-order valence-corrected chi connectivity index (χ1v) is 5.16. The first-order chi connectivity index (χ1) is 5.25. The summed E-state index contributed by atoms with van der Waals surface area (Å²) in [6.07, 6.45) is 4.62. The third-order valence-corrected chi connectivity index (χ3v) is 3.15. The van der Waals surface area contributed by atoms with Crippen LogP contribution in [0.1, 0.15) is 25.7 Å². The molecule has 64 valence electrons. The maximum absolute atomic E-state index is 10.7. The Balaban J connectivity index is 2.46. The van der Waals surface area contributed by atoms with Gasteiger partial charge in [-0.05, 0) is 18.8 Å². The average molecular weight is 221 g/mol. The van der Waals surface area contributed by atoms with E-state index in [1.165, 1.54) is 12.8 Å². The van der Waals surface area contributed by atoms with Crippen LogP contribution >= 0.6 is 15.9 Å². The Morgan fingerprint density at radius 2 is 2.09 bits per heavy atom. The van der Waals surface area contributed by atoms with E-state index in [-0.39, 0.29) is 5.92 Å². The zero-order valence-electron chi connectivity index (χ0n) is 6.42. The van der Waals surface area contributed by atoms with Crippen LogP contribution in [0, 0.1) is 11.8 Å². The van der Waals surface area contributed by atoms with Gasteiger partial charge in [0.1, 0.15) is 0 Å². The molecule has 1 rings (SSSR count). The van der Waals surface area contributed by atoms with Gasteiger partial charge in [-0.15, -0.1) is 0 Å². The molecule has 1 aliphatic rings. The van der Waals surface area contributed by atoms with E-state index < -0.39 is 5.97 Å². The fourth-order valence-electron chi connectivity index (χ4n) is 1.75. The van der Waals surface area contributed by atoms with Gasteiger partial charge in [-0.3, -0.25) is 4.79 Å². The first kappa shape index (κ1) is 9.04. The van der Waals surface area contributed by atoms with Crippen LogP contribution in [0.15, 0.2) is 0 Å². The minimum atomic E-state index is -0.645. The predicted molar refractivity (Wildman–Crippen MR) is 46.9 cm³/mol. The van der Waals surface area contributed by atoms with E-state index in [0.717, 1.165) is 12.8 Å². The molecule has 0 aliphatic heterocycles. The van der Waals surface area contributed by atoms with Crippen molar-refractivity contribution in [1.29, 1.82) is 0 Å². The largest absolute Gasteiger partial charge is 0.481 e. The Morgan fingerprint density at radius 3 is 2.45 bits per heavy atom.